The number of benzene rings is 1. The topological polar surface area (TPSA) is 77.9 Å². The van der Waals surface area contributed by atoms with Crippen molar-refractivity contribution in [3.63, 3.8) is 0 Å². The van der Waals surface area contributed by atoms with Gasteiger partial charge in [-0.1, -0.05) is 11.6 Å². The number of aliphatic carboxylic acids is 1. The fourth-order valence-corrected chi connectivity index (χ4v) is 3.51. The van der Waals surface area contributed by atoms with E-state index in [4.69, 9.17) is 16.7 Å². The van der Waals surface area contributed by atoms with Crippen molar-refractivity contribution >= 4 is 35.1 Å². The molecule has 1 N–H and O–H groups in total. The van der Waals surface area contributed by atoms with Crippen LogP contribution in [0.4, 0.5) is 5.69 Å². The summed E-state index contributed by atoms with van der Waals surface area (Å²) in [7, 11) is 0. The lowest BCUT2D eigenvalue weighted by molar-refractivity contribution is -0.147. The standard InChI is InChI=1S/C17H19ClN2O4/c18-12-3-5-13(6-4-12)20-9-7-14(16(20)22)15(21)19-8-1-2-11(10-19)17(23)24/h3-6,11,14H,1-2,7-10H2,(H,23,24)/t11-,14-/m1/s1. The maximum absolute atomic E-state index is 12.7. The molecule has 2 atom stereocenters. The molecular formula is C17H19ClN2O4. The van der Waals surface area contributed by atoms with E-state index in [2.05, 4.69) is 0 Å². The number of hydrogen-bond acceptors (Lipinski definition) is 3. The quantitative estimate of drug-likeness (QED) is 0.846. The van der Waals surface area contributed by atoms with Crippen molar-refractivity contribution in [2.45, 2.75) is 19.3 Å². The van der Waals surface area contributed by atoms with Crippen LogP contribution in [-0.2, 0) is 14.4 Å². The molecule has 0 bridgehead atoms. The van der Waals surface area contributed by atoms with E-state index in [0.717, 1.165) is 5.69 Å². The van der Waals surface area contributed by atoms with E-state index in [9.17, 15) is 14.4 Å². The van der Waals surface area contributed by atoms with Crippen LogP contribution in [0, 0.1) is 11.8 Å². The van der Waals surface area contributed by atoms with Crippen LogP contribution in [0.1, 0.15) is 19.3 Å². The zero-order valence-corrected chi connectivity index (χ0v) is 13.9. The molecule has 0 radical (unpaired) electrons. The third kappa shape index (κ3) is 3.24. The molecule has 2 heterocycles. The monoisotopic (exact) mass is 350 g/mol. The minimum Gasteiger partial charge on any atom is -0.481 e. The Morgan fingerprint density at radius 3 is 2.50 bits per heavy atom. The van der Waals surface area contributed by atoms with Crippen molar-refractivity contribution in [3.05, 3.63) is 29.3 Å². The molecule has 2 fully saturated rings. The molecule has 1 aromatic rings. The lowest BCUT2D eigenvalue weighted by Gasteiger charge is -2.32. The predicted octanol–water partition coefficient (Wildman–Crippen LogP) is 2.02. The van der Waals surface area contributed by atoms with E-state index < -0.39 is 17.8 Å². The summed E-state index contributed by atoms with van der Waals surface area (Å²) in [5, 5.41) is 9.73. The van der Waals surface area contributed by atoms with Crippen molar-refractivity contribution < 1.29 is 19.5 Å². The van der Waals surface area contributed by atoms with Crippen molar-refractivity contribution in [2.75, 3.05) is 24.5 Å². The molecule has 1 aromatic carbocycles. The van der Waals surface area contributed by atoms with Gasteiger partial charge in [0, 0.05) is 30.3 Å². The fraction of sp³-hybridized carbons (Fsp3) is 0.471. The van der Waals surface area contributed by atoms with Crippen LogP contribution in [0.15, 0.2) is 24.3 Å². The van der Waals surface area contributed by atoms with Crippen molar-refractivity contribution in [1.82, 2.24) is 4.90 Å². The summed E-state index contributed by atoms with van der Waals surface area (Å²) in [5.41, 5.74) is 0.724. The van der Waals surface area contributed by atoms with Gasteiger partial charge >= 0.3 is 5.97 Å². The summed E-state index contributed by atoms with van der Waals surface area (Å²) >= 11 is 5.86. The number of halogens is 1. The molecule has 24 heavy (non-hydrogen) atoms. The van der Waals surface area contributed by atoms with E-state index in [1.165, 1.54) is 4.90 Å². The van der Waals surface area contributed by atoms with Crippen LogP contribution in [0.2, 0.25) is 5.02 Å². The third-order valence-corrected chi connectivity index (χ3v) is 4.98. The number of piperidine rings is 1. The van der Waals surface area contributed by atoms with Gasteiger partial charge in [-0.2, -0.15) is 0 Å². The molecule has 0 aliphatic carbocycles. The number of rotatable bonds is 3. The summed E-state index contributed by atoms with van der Waals surface area (Å²) in [6.45, 7) is 1.19. The molecule has 2 amide bonds. The van der Waals surface area contributed by atoms with Gasteiger partial charge in [0.1, 0.15) is 5.92 Å². The van der Waals surface area contributed by atoms with Gasteiger partial charge in [0.2, 0.25) is 11.8 Å². The molecule has 2 saturated heterocycles. The first-order valence-electron chi connectivity index (χ1n) is 8.06. The van der Waals surface area contributed by atoms with E-state index in [-0.39, 0.29) is 18.4 Å². The first kappa shape index (κ1) is 16.8. The van der Waals surface area contributed by atoms with Gasteiger partial charge in [0.15, 0.2) is 0 Å². The molecule has 2 aliphatic heterocycles. The van der Waals surface area contributed by atoms with Gasteiger partial charge in [-0.15, -0.1) is 0 Å². The van der Waals surface area contributed by atoms with Crippen LogP contribution in [0.5, 0.6) is 0 Å². The van der Waals surface area contributed by atoms with Crippen LogP contribution in [0.3, 0.4) is 0 Å². The number of nitrogens with zero attached hydrogens (tertiary/aromatic N) is 2. The number of anilines is 1. The molecule has 0 spiro atoms. The van der Waals surface area contributed by atoms with E-state index >= 15 is 0 Å². The molecule has 0 aromatic heterocycles. The highest BCUT2D eigenvalue weighted by atomic mass is 35.5. The first-order valence-corrected chi connectivity index (χ1v) is 8.43. The highest BCUT2D eigenvalue weighted by molar-refractivity contribution is 6.30. The average molecular weight is 351 g/mol. The number of carbonyl (C=O) groups excluding carboxylic acids is 2. The summed E-state index contributed by atoms with van der Waals surface area (Å²) < 4.78 is 0. The first-order chi connectivity index (χ1) is 11.5. The Hall–Kier alpha value is -2.08. The Labute approximate surface area is 145 Å². The average Bonchev–Trinajstić information content (AvgIpc) is 2.96. The number of carboxylic acid groups (broad SMARTS) is 1. The SMILES string of the molecule is O=C(O)[C@@H]1CCCN(C(=O)[C@H]2CCN(c3ccc(Cl)cc3)C2=O)C1. The predicted molar refractivity (Wildman–Crippen MR) is 88.9 cm³/mol. The number of carbonyl (C=O) groups is 3. The normalized spacial score (nSPS) is 24.3. The summed E-state index contributed by atoms with van der Waals surface area (Å²) in [6.07, 6.45) is 1.69. The Morgan fingerprint density at radius 2 is 1.83 bits per heavy atom. The summed E-state index contributed by atoms with van der Waals surface area (Å²) in [5.74, 6) is -2.60. The highest BCUT2D eigenvalue weighted by Gasteiger charge is 2.41. The van der Waals surface area contributed by atoms with Gasteiger partial charge in [0.05, 0.1) is 5.92 Å². The van der Waals surface area contributed by atoms with Gasteiger partial charge in [-0.05, 0) is 43.5 Å². The Kier molecular flexibility index (Phi) is 4.76. The largest absolute Gasteiger partial charge is 0.481 e. The molecule has 128 valence electrons. The Morgan fingerprint density at radius 1 is 1.12 bits per heavy atom. The third-order valence-electron chi connectivity index (χ3n) is 4.72. The fourth-order valence-electron chi connectivity index (χ4n) is 3.39. The second-order valence-corrected chi connectivity index (χ2v) is 6.71. The number of hydrogen-bond donors (Lipinski definition) is 1. The second-order valence-electron chi connectivity index (χ2n) is 6.27. The molecular weight excluding hydrogens is 332 g/mol. The van der Waals surface area contributed by atoms with E-state index in [0.29, 0.717) is 37.4 Å². The molecule has 2 aliphatic rings. The van der Waals surface area contributed by atoms with Crippen LogP contribution < -0.4 is 4.90 Å². The summed E-state index contributed by atoms with van der Waals surface area (Å²) in [6, 6.07) is 6.94. The summed E-state index contributed by atoms with van der Waals surface area (Å²) in [4.78, 5) is 39.6. The van der Waals surface area contributed by atoms with Gasteiger partial charge < -0.3 is 14.9 Å². The maximum atomic E-state index is 12.7. The van der Waals surface area contributed by atoms with E-state index in [1.54, 1.807) is 29.2 Å². The Bertz CT molecular complexity index is 661. The zero-order chi connectivity index (χ0) is 17.3. The van der Waals surface area contributed by atoms with Gasteiger partial charge in [-0.25, -0.2) is 0 Å². The Balaban J connectivity index is 1.69. The van der Waals surface area contributed by atoms with E-state index in [1.807, 2.05) is 0 Å². The second kappa shape index (κ2) is 6.81. The molecule has 0 unspecified atom stereocenters. The van der Waals surface area contributed by atoms with Crippen LogP contribution >= 0.6 is 11.6 Å². The molecule has 0 saturated carbocycles. The molecule has 6 nitrogen and oxygen atoms in total. The number of amides is 2. The lowest BCUT2D eigenvalue weighted by atomic mass is 9.96. The minimum absolute atomic E-state index is 0.193. The molecule has 7 heteroatoms. The number of likely N-dealkylation sites (tertiary alicyclic amines) is 1. The van der Waals surface area contributed by atoms with Crippen LogP contribution in [-0.4, -0.2) is 47.4 Å². The van der Waals surface area contributed by atoms with Crippen molar-refractivity contribution in [2.24, 2.45) is 11.8 Å². The van der Waals surface area contributed by atoms with Crippen molar-refractivity contribution in [3.8, 4) is 0 Å². The maximum Gasteiger partial charge on any atom is 0.308 e. The number of carboxylic acids is 1. The van der Waals surface area contributed by atoms with Crippen molar-refractivity contribution in [1.29, 1.82) is 0 Å². The lowest BCUT2D eigenvalue weighted by Crippen LogP contribution is -2.46. The van der Waals surface area contributed by atoms with Crippen LogP contribution in [0.25, 0.3) is 0 Å². The van der Waals surface area contributed by atoms with Gasteiger partial charge in [-0.3, -0.25) is 14.4 Å². The smallest absolute Gasteiger partial charge is 0.308 e. The zero-order valence-electron chi connectivity index (χ0n) is 13.2. The van der Waals surface area contributed by atoms with Gasteiger partial charge in [0.25, 0.3) is 0 Å². The minimum atomic E-state index is -0.881. The highest BCUT2D eigenvalue weighted by Crippen LogP contribution is 2.29. The molecule has 3 rings (SSSR count).